The summed E-state index contributed by atoms with van der Waals surface area (Å²) >= 11 is 7.60. The third kappa shape index (κ3) is 4.69. The number of benzene rings is 1. The maximum Gasteiger partial charge on any atom is 0.323 e. The van der Waals surface area contributed by atoms with Gasteiger partial charge in [-0.3, -0.25) is 10.1 Å². The van der Waals surface area contributed by atoms with Crippen molar-refractivity contribution in [1.29, 1.82) is 0 Å². The van der Waals surface area contributed by atoms with Crippen LogP contribution in [0, 0.1) is 0 Å². The van der Waals surface area contributed by atoms with Crippen LogP contribution in [-0.2, 0) is 10.5 Å². The molecule has 1 saturated carbocycles. The first-order valence-corrected chi connectivity index (χ1v) is 8.36. The first-order valence-electron chi connectivity index (χ1n) is 6.83. The summed E-state index contributed by atoms with van der Waals surface area (Å²) in [7, 11) is 0. The zero-order valence-corrected chi connectivity index (χ0v) is 13.1. The first-order chi connectivity index (χ1) is 9.49. The van der Waals surface area contributed by atoms with Crippen LogP contribution in [0.3, 0.4) is 0 Å². The summed E-state index contributed by atoms with van der Waals surface area (Å²) in [5, 5.41) is 13.4. The molecular weight excluding hydrogens is 294 g/mol. The van der Waals surface area contributed by atoms with E-state index in [9.17, 15) is 9.90 Å². The van der Waals surface area contributed by atoms with Gasteiger partial charge in [-0.25, -0.2) is 0 Å². The van der Waals surface area contributed by atoms with Crippen LogP contribution in [0.2, 0.25) is 5.02 Å². The maximum atomic E-state index is 11.4. The van der Waals surface area contributed by atoms with E-state index in [2.05, 4.69) is 5.32 Å². The molecule has 110 valence electrons. The van der Waals surface area contributed by atoms with Gasteiger partial charge < -0.3 is 5.11 Å². The number of halogens is 1. The van der Waals surface area contributed by atoms with E-state index in [-0.39, 0.29) is 0 Å². The standard InChI is InChI=1S/C15H20ClNO2S/c1-15(14(18)19,17-13-6-7-13)8-9-20-10-11-2-4-12(16)5-3-11/h2-5,13,17H,6-10H2,1H3,(H,18,19). The fourth-order valence-electron chi connectivity index (χ4n) is 1.97. The number of hydrogen-bond donors (Lipinski definition) is 2. The molecule has 1 aromatic carbocycles. The summed E-state index contributed by atoms with van der Waals surface area (Å²) < 4.78 is 0. The fraction of sp³-hybridized carbons (Fsp3) is 0.533. The van der Waals surface area contributed by atoms with Crippen LogP contribution >= 0.6 is 23.4 Å². The van der Waals surface area contributed by atoms with Gasteiger partial charge in [-0.2, -0.15) is 11.8 Å². The molecular formula is C15H20ClNO2S. The Morgan fingerprint density at radius 3 is 2.65 bits per heavy atom. The van der Waals surface area contributed by atoms with Gasteiger partial charge in [-0.1, -0.05) is 23.7 Å². The van der Waals surface area contributed by atoms with Crippen LogP contribution in [0.5, 0.6) is 0 Å². The predicted molar refractivity (Wildman–Crippen MR) is 84.4 cm³/mol. The fourth-order valence-corrected chi connectivity index (χ4v) is 3.22. The highest BCUT2D eigenvalue weighted by atomic mass is 35.5. The van der Waals surface area contributed by atoms with Gasteiger partial charge in [-0.15, -0.1) is 0 Å². The normalized spacial score (nSPS) is 17.7. The molecule has 0 spiro atoms. The topological polar surface area (TPSA) is 49.3 Å². The molecule has 1 aromatic rings. The van der Waals surface area contributed by atoms with Gasteiger partial charge in [0, 0.05) is 16.8 Å². The Hall–Kier alpha value is -0.710. The van der Waals surface area contributed by atoms with E-state index in [0.29, 0.717) is 12.5 Å². The molecule has 5 heteroatoms. The minimum Gasteiger partial charge on any atom is -0.480 e. The van der Waals surface area contributed by atoms with E-state index in [1.165, 1.54) is 5.56 Å². The van der Waals surface area contributed by atoms with Crippen LogP contribution in [0.4, 0.5) is 0 Å². The molecule has 0 radical (unpaired) electrons. The van der Waals surface area contributed by atoms with E-state index in [0.717, 1.165) is 29.4 Å². The van der Waals surface area contributed by atoms with Crippen molar-refractivity contribution in [2.45, 2.75) is 43.5 Å². The van der Waals surface area contributed by atoms with E-state index < -0.39 is 11.5 Å². The van der Waals surface area contributed by atoms with Crippen LogP contribution in [0.1, 0.15) is 31.7 Å². The minimum absolute atomic E-state index is 0.400. The predicted octanol–water partition coefficient (Wildman–Crippen LogP) is 3.56. The Labute approximate surface area is 129 Å². The molecule has 0 aliphatic heterocycles. The number of carboxylic acids is 1. The summed E-state index contributed by atoms with van der Waals surface area (Å²) in [5.41, 5.74) is 0.417. The molecule has 2 rings (SSSR count). The number of rotatable bonds is 8. The lowest BCUT2D eigenvalue weighted by molar-refractivity contribution is -0.144. The van der Waals surface area contributed by atoms with Crippen molar-refractivity contribution in [2.24, 2.45) is 0 Å². The van der Waals surface area contributed by atoms with Gasteiger partial charge in [0.25, 0.3) is 0 Å². The first kappa shape index (κ1) is 15.7. The largest absolute Gasteiger partial charge is 0.480 e. The zero-order valence-electron chi connectivity index (χ0n) is 11.6. The van der Waals surface area contributed by atoms with Crippen molar-refractivity contribution >= 4 is 29.3 Å². The Bertz CT molecular complexity index is 461. The van der Waals surface area contributed by atoms with Crippen LogP contribution in [-0.4, -0.2) is 28.4 Å². The maximum absolute atomic E-state index is 11.4. The van der Waals surface area contributed by atoms with Gasteiger partial charge in [-0.05, 0) is 49.6 Å². The molecule has 0 heterocycles. The number of nitrogens with one attached hydrogen (secondary N) is 1. The number of thioether (sulfide) groups is 1. The summed E-state index contributed by atoms with van der Waals surface area (Å²) in [5.74, 6) is 0.957. The highest BCUT2D eigenvalue weighted by molar-refractivity contribution is 7.98. The van der Waals surface area contributed by atoms with E-state index in [1.54, 1.807) is 18.7 Å². The molecule has 1 aliphatic rings. The second-order valence-corrected chi connectivity index (χ2v) is 7.03. The lowest BCUT2D eigenvalue weighted by Gasteiger charge is -2.26. The zero-order chi connectivity index (χ0) is 14.6. The highest BCUT2D eigenvalue weighted by Crippen LogP contribution is 2.26. The minimum atomic E-state index is -0.797. The van der Waals surface area contributed by atoms with Crippen LogP contribution in [0.25, 0.3) is 0 Å². The second kappa shape index (κ2) is 6.83. The van der Waals surface area contributed by atoms with Gasteiger partial charge >= 0.3 is 5.97 Å². The van der Waals surface area contributed by atoms with Gasteiger partial charge in [0.1, 0.15) is 5.54 Å². The van der Waals surface area contributed by atoms with E-state index in [4.69, 9.17) is 11.6 Å². The third-order valence-electron chi connectivity index (χ3n) is 3.50. The third-order valence-corrected chi connectivity index (χ3v) is 4.78. The second-order valence-electron chi connectivity index (χ2n) is 5.48. The average Bonchev–Trinajstić information content (AvgIpc) is 3.20. The van der Waals surface area contributed by atoms with Crippen molar-refractivity contribution in [3.05, 3.63) is 34.9 Å². The Morgan fingerprint density at radius 1 is 1.45 bits per heavy atom. The van der Waals surface area contributed by atoms with Crippen molar-refractivity contribution in [3.63, 3.8) is 0 Å². The molecule has 3 nitrogen and oxygen atoms in total. The van der Waals surface area contributed by atoms with Crippen molar-refractivity contribution in [2.75, 3.05) is 5.75 Å². The molecule has 0 saturated heterocycles. The van der Waals surface area contributed by atoms with Gasteiger partial charge in [0.2, 0.25) is 0 Å². The molecule has 0 bridgehead atoms. The van der Waals surface area contributed by atoms with E-state index >= 15 is 0 Å². The van der Waals surface area contributed by atoms with Crippen molar-refractivity contribution in [1.82, 2.24) is 5.32 Å². The Morgan fingerprint density at radius 2 is 2.10 bits per heavy atom. The highest BCUT2D eigenvalue weighted by Gasteiger charge is 2.37. The molecule has 1 fully saturated rings. The summed E-state index contributed by atoms with van der Waals surface area (Å²) in [6, 6.07) is 8.18. The SMILES string of the molecule is CC(CCSCc1ccc(Cl)cc1)(NC1CC1)C(=O)O. The lowest BCUT2D eigenvalue weighted by Crippen LogP contribution is -2.50. The molecule has 1 atom stereocenters. The summed E-state index contributed by atoms with van der Waals surface area (Å²) in [6.45, 7) is 1.79. The van der Waals surface area contributed by atoms with Crippen molar-refractivity contribution < 1.29 is 9.90 Å². The number of aliphatic carboxylic acids is 1. The molecule has 1 aliphatic carbocycles. The molecule has 0 amide bonds. The van der Waals surface area contributed by atoms with Gasteiger partial charge in [0.15, 0.2) is 0 Å². The summed E-state index contributed by atoms with van der Waals surface area (Å²) in [6.07, 6.45) is 2.83. The van der Waals surface area contributed by atoms with Crippen LogP contribution in [0.15, 0.2) is 24.3 Å². The lowest BCUT2D eigenvalue weighted by atomic mass is 9.99. The summed E-state index contributed by atoms with van der Waals surface area (Å²) in [4.78, 5) is 11.4. The Kier molecular flexibility index (Phi) is 5.35. The van der Waals surface area contributed by atoms with E-state index in [1.807, 2.05) is 24.3 Å². The Balaban J connectivity index is 1.75. The molecule has 2 N–H and O–H groups in total. The molecule has 1 unspecified atom stereocenters. The number of carbonyl (C=O) groups is 1. The molecule has 0 aromatic heterocycles. The number of hydrogen-bond acceptors (Lipinski definition) is 3. The molecule has 20 heavy (non-hydrogen) atoms. The smallest absolute Gasteiger partial charge is 0.323 e. The monoisotopic (exact) mass is 313 g/mol. The van der Waals surface area contributed by atoms with Gasteiger partial charge in [0.05, 0.1) is 0 Å². The average molecular weight is 314 g/mol. The van der Waals surface area contributed by atoms with Crippen LogP contribution < -0.4 is 5.32 Å². The number of carboxylic acid groups (broad SMARTS) is 1. The quantitative estimate of drug-likeness (QED) is 0.721. The van der Waals surface area contributed by atoms with Crippen molar-refractivity contribution in [3.8, 4) is 0 Å².